The average Bonchev–Trinajstić information content (AvgIpc) is 3.41. The molecule has 2 fully saturated rings. The van der Waals surface area contributed by atoms with E-state index in [1.807, 2.05) is 18.4 Å². The Balaban J connectivity index is 0.00000341. The van der Waals surface area contributed by atoms with Crippen molar-refractivity contribution in [3.8, 4) is 0 Å². The molecule has 0 aromatic carbocycles. The number of guanidine groups is 1. The molecular weight excluding hydrogens is 523 g/mol. The highest BCUT2D eigenvalue weighted by atomic mass is 127. The Labute approximate surface area is 209 Å². The van der Waals surface area contributed by atoms with Crippen molar-refractivity contribution in [2.24, 2.45) is 10.4 Å². The van der Waals surface area contributed by atoms with Crippen LogP contribution < -0.4 is 10.6 Å². The first-order chi connectivity index (χ1) is 14.7. The van der Waals surface area contributed by atoms with E-state index in [0.29, 0.717) is 11.5 Å². The molecule has 178 valence electrons. The second-order valence-corrected chi connectivity index (χ2v) is 9.89. The summed E-state index contributed by atoms with van der Waals surface area (Å²) in [5.74, 6) is 0.907. The van der Waals surface area contributed by atoms with Crippen molar-refractivity contribution in [1.82, 2.24) is 15.5 Å². The number of halogens is 1. The number of ether oxygens (including phenoxy) is 2. The van der Waals surface area contributed by atoms with Gasteiger partial charge in [0.05, 0.1) is 19.3 Å². The average molecular weight is 565 g/mol. The second kappa shape index (κ2) is 14.0. The zero-order chi connectivity index (χ0) is 21.2. The van der Waals surface area contributed by atoms with E-state index < -0.39 is 0 Å². The van der Waals surface area contributed by atoms with Crippen LogP contribution in [0.2, 0.25) is 0 Å². The Morgan fingerprint density at radius 2 is 2.00 bits per heavy atom. The van der Waals surface area contributed by atoms with Crippen LogP contribution in [0.25, 0.3) is 0 Å². The number of nitrogens with one attached hydrogen (secondary N) is 2. The Bertz CT molecular complexity index is 658. The molecule has 0 bridgehead atoms. The first-order valence-corrected chi connectivity index (χ1v) is 12.4. The Kier molecular flexibility index (Phi) is 12.1. The van der Waals surface area contributed by atoms with E-state index in [4.69, 9.17) is 9.47 Å². The fourth-order valence-electron chi connectivity index (χ4n) is 4.69. The Hall–Kier alpha value is -0.420. The molecular formula is C23H41IN4O2S. The minimum Gasteiger partial charge on any atom is -0.382 e. The molecule has 31 heavy (non-hydrogen) atoms. The predicted molar refractivity (Wildman–Crippen MR) is 141 cm³/mol. The van der Waals surface area contributed by atoms with Crippen molar-refractivity contribution in [2.75, 3.05) is 59.7 Å². The van der Waals surface area contributed by atoms with Crippen LogP contribution in [0, 0.1) is 12.3 Å². The quantitative estimate of drug-likeness (QED) is 0.193. The van der Waals surface area contributed by atoms with Crippen molar-refractivity contribution in [2.45, 2.75) is 52.0 Å². The maximum Gasteiger partial charge on any atom is 0.191 e. The molecule has 6 nitrogen and oxygen atoms in total. The summed E-state index contributed by atoms with van der Waals surface area (Å²) < 4.78 is 11.2. The van der Waals surface area contributed by atoms with Gasteiger partial charge < -0.3 is 20.1 Å². The molecule has 2 N–H and O–H groups in total. The van der Waals surface area contributed by atoms with Gasteiger partial charge in [0.15, 0.2) is 5.96 Å². The first-order valence-electron chi connectivity index (χ1n) is 11.6. The maximum absolute atomic E-state index is 5.66. The zero-order valence-corrected chi connectivity index (χ0v) is 22.6. The van der Waals surface area contributed by atoms with Gasteiger partial charge in [0, 0.05) is 56.2 Å². The highest BCUT2D eigenvalue weighted by Gasteiger charge is 2.33. The fourth-order valence-corrected chi connectivity index (χ4v) is 5.70. The summed E-state index contributed by atoms with van der Waals surface area (Å²) in [4.78, 5) is 9.84. The summed E-state index contributed by atoms with van der Waals surface area (Å²) >= 11 is 1.90. The third-order valence-electron chi connectivity index (χ3n) is 6.54. The number of aliphatic imine (C=N–C) groups is 1. The topological polar surface area (TPSA) is 58.1 Å². The van der Waals surface area contributed by atoms with Crippen LogP contribution in [0.15, 0.2) is 17.1 Å². The molecule has 1 unspecified atom stereocenters. The molecule has 2 heterocycles. The number of hydrogen-bond acceptors (Lipinski definition) is 5. The van der Waals surface area contributed by atoms with Crippen LogP contribution in [-0.2, 0) is 9.47 Å². The molecule has 1 aromatic rings. The molecule has 0 radical (unpaired) electrons. The molecule has 8 heteroatoms. The highest BCUT2D eigenvalue weighted by molar-refractivity contribution is 14.0. The largest absolute Gasteiger partial charge is 0.382 e. The number of hydrogen-bond donors (Lipinski definition) is 2. The summed E-state index contributed by atoms with van der Waals surface area (Å²) in [5, 5.41) is 7.25. The first kappa shape index (κ1) is 26.8. The minimum absolute atomic E-state index is 0. The third kappa shape index (κ3) is 8.14. The van der Waals surface area contributed by atoms with Crippen molar-refractivity contribution in [3.05, 3.63) is 21.9 Å². The van der Waals surface area contributed by atoms with E-state index in [9.17, 15) is 0 Å². The smallest absolute Gasteiger partial charge is 0.191 e. The minimum atomic E-state index is 0. The maximum atomic E-state index is 5.66. The van der Waals surface area contributed by atoms with Gasteiger partial charge in [-0.05, 0) is 50.7 Å². The summed E-state index contributed by atoms with van der Waals surface area (Å²) in [6, 6.07) is 4.85. The standard InChI is InChI=1S/C23H40N4O2S.HI/c1-4-28-14-11-23(9-5-6-10-23)18-26-22(24-3)25-17-20(21-8-7-19(2)30-21)27-12-15-29-16-13-27;/h7-8,20H,4-6,9-18H2,1-3H3,(H2,24,25,26);1H. The summed E-state index contributed by atoms with van der Waals surface area (Å²) in [5.41, 5.74) is 0.348. The molecule has 1 atom stereocenters. The molecule has 0 amide bonds. The lowest BCUT2D eigenvalue weighted by molar-refractivity contribution is 0.0177. The van der Waals surface area contributed by atoms with E-state index in [2.05, 4.69) is 46.5 Å². The van der Waals surface area contributed by atoms with Crippen LogP contribution in [0.4, 0.5) is 0 Å². The van der Waals surface area contributed by atoms with Crippen molar-refractivity contribution >= 4 is 41.3 Å². The zero-order valence-electron chi connectivity index (χ0n) is 19.5. The van der Waals surface area contributed by atoms with Gasteiger partial charge in [-0.3, -0.25) is 9.89 Å². The van der Waals surface area contributed by atoms with E-state index in [0.717, 1.165) is 65.0 Å². The molecule has 1 aliphatic heterocycles. The summed E-state index contributed by atoms with van der Waals surface area (Å²) in [6.45, 7) is 11.3. The van der Waals surface area contributed by atoms with Gasteiger partial charge in [0.2, 0.25) is 0 Å². The van der Waals surface area contributed by atoms with Gasteiger partial charge in [-0.15, -0.1) is 35.3 Å². The van der Waals surface area contributed by atoms with Gasteiger partial charge in [0.25, 0.3) is 0 Å². The number of morpholine rings is 1. The van der Waals surface area contributed by atoms with Gasteiger partial charge in [0.1, 0.15) is 0 Å². The molecule has 2 aliphatic rings. The van der Waals surface area contributed by atoms with Gasteiger partial charge in [-0.2, -0.15) is 0 Å². The number of nitrogens with zero attached hydrogens (tertiary/aromatic N) is 2. The lowest BCUT2D eigenvalue weighted by Gasteiger charge is -2.35. The summed E-state index contributed by atoms with van der Waals surface area (Å²) in [7, 11) is 1.87. The SMILES string of the molecule is CCOCCC1(CNC(=NC)NCC(c2ccc(C)s2)N2CCOCC2)CCCC1.I. The third-order valence-corrected chi connectivity index (χ3v) is 7.64. The second-order valence-electron chi connectivity index (χ2n) is 8.57. The van der Waals surface area contributed by atoms with Crippen molar-refractivity contribution in [3.63, 3.8) is 0 Å². The molecule has 0 spiro atoms. The Morgan fingerprint density at radius 1 is 1.26 bits per heavy atom. The lowest BCUT2D eigenvalue weighted by atomic mass is 9.83. The van der Waals surface area contributed by atoms with E-state index in [1.54, 1.807) is 0 Å². The lowest BCUT2D eigenvalue weighted by Crippen LogP contribution is -2.48. The Morgan fingerprint density at radius 3 is 2.61 bits per heavy atom. The summed E-state index contributed by atoms with van der Waals surface area (Å²) in [6.07, 6.45) is 6.37. The number of thiophene rings is 1. The van der Waals surface area contributed by atoms with Crippen molar-refractivity contribution < 1.29 is 9.47 Å². The molecule has 3 rings (SSSR count). The van der Waals surface area contributed by atoms with Crippen LogP contribution in [0.3, 0.4) is 0 Å². The predicted octanol–water partition coefficient (Wildman–Crippen LogP) is 4.20. The van der Waals surface area contributed by atoms with Crippen LogP contribution >= 0.6 is 35.3 Å². The fraction of sp³-hybridized carbons (Fsp3) is 0.783. The molecule has 1 saturated heterocycles. The van der Waals surface area contributed by atoms with Gasteiger partial charge >= 0.3 is 0 Å². The van der Waals surface area contributed by atoms with Gasteiger partial charge in [-0.1, -0.05) is 12.8 Å². The normalized spacial score (nSPS) is 20.3. The van der Waals surface area contributed by atoms with Crippen molar-refractivity contribution in [1.29, 1.82) is 0 Å². The number of rotatable bonds is 10. The molecule has 1 aliphatic carbocycles. The van der Waals surface area contributed by atoms with Crippen LogP contribution in [0.1, 0.15) is 54.8 Å². The van der Waals surface area contributed by atoms with E-state index in [-0.39, 0.29) is 24.0 Å². The van der Waals surface area contributed by atoms with E-state index in [1.165, 1.54) is 35.4 Å². The monoisotopic (exact) mass is 564 g/mol. The number of aryl methyl sites for hydroxylation is 1. The highest BCUT2D eigenvalue weighted by Crippen LogP contribution is 2.40. The van der Waals surface area contributed by atoms with E-state index >= 15 is 0 Å². The van der Waals surface area contributed by atoms with Gasteiger partial charge in [-0.25, -0.2) is 0 Å². The van der Waals surface area contributed by atoms with Crippen LogP contribution in [0.5, 0.6) is 0 Å². The molecule has 1 saturated carbocycles. The van der Waals surface area contributed by atoms with Crippen LogP contribution in [-0.4, -0.2) is 70.5 Å². The molecule has 1 aromatic heterocycles.